The Morgan fingerprint density at radius 1 is 0.870 bits per heavy atom. The Kier molecular flexibility index (Phi) is 16.7. The lowest BCUT2D eigenvalue weighted by Crippen LogP contribution is -2.56. The number of carbonyl (C=O) groups is 10. The average molecular weight is 1060 g/mol. The van der Waals surface area contributed by atoms with Crippen molar-refractivity contribution >= 4 is 77.9 Å². The number of aliphatic carboxylic acids is 1. The second-order valence-electron chi connectivity index (χ2n) is 18.5. The highest BCUT2D eigenvalue weighted by Gasteiger charge is 2.39. The van der Waals surface area contributed by atoms with Gasteiger partial charge in [-0.05, 0) is 60.1 Å². The van der Waals surface area contributed by atoms with Crippen molar-refractivity contribution in [2.45, 2.75) is 82.7 Å². The van der Waals surface area contributed by atoms with Gasteiger partial charge in [-0.3, -0.25) is 57.6 Å². The molecule has 1 aliphatic carbocycles. The van der Waals surface area contributed by atoms with E-state index in [0.717, 1.165) is 12.2 Å². The molecule has 5 atom stereocenters. The lowest BCUT2D eigenvalue weighted by molar-refractivity contribution is -0.148. The molecule has 0 fully saturated rings. The molecule has 2 aromatic heterocycles. The molecule has 0 saturated carbocycles. The van der Waals surface area contributed by atoms with Gasteiger partial charge in [-0.1, -0.05) is 37.3 Å². The van der Waals surface area contributed by atoms with Crippen LogP contribution in [0.3, 0.4) is 0 Å². The summed E-state index contributed by atoms with van der Waals surface area (Å²) in [4.78, 5) is 146. The number of nitrogens with one attached hydrogen (secondary N) is 7. The van der Waals surface area contributed by atoms with Gasteiger partial charge in [0, 0.05) is 42.1 Å². The summed E-state index contributed by atoms with van der Waals surface area (Å²) >= 11 is 0. The molecule has 8 amide bonds. The molecular weight excluding hydrogens is 1010 g/mol. The van der Waals surface area contributed by atoms with E-state index in [1.807, 2.05) is 6.92 Å². The molecule has 2 radical (unpaired) electrons. The Morgan fingerprint density at radius 3 is 2.26 bits per heavy atom. The second-order valence-corrected chi connectivity index (χ2v) is 18.5. The number of hydrogen-bond acceptors (Lipinski definition) is 15. The van der Waals surface area contributed by atoms with Gasteiger partial charge in [-0.25, -0.2) is 9.37 Å². The summed E-state index contributed by atoms with van der Waals surface area (Å²) in [5, 5.41) is 26.8. The number of carbonyl (C=O) groups excluding carboxylic acids is 9. The zero-order valence-electron chi connectivity index (χ0n) is 41.6. The van der Waals surface area contributed by atoms with Crippen molar-refractivity contribution in [3.05, 3.63) is 110 Å². The van der Waals surface area contributed by atoms with Crippen LogP contribution in [0.25, 0.3) is 22.3 Å². The van der Waals surface area contributed by atoms with Crippen LogP contribution in [0.2, 0.25) is 0 Å². The van der Waals surface area contributed by atoms with Gasteiger partial charge < -0.3 is 56.4 Å². The number of pyridine rings is 2. The van der Waals surface area contributed by atoms with Crippen LogP contribution in [0.1, 0.15) is 70.7 Å². The van der Waals surface area contributed by atoms with Crippen molar-refractivity contribution in [1.29, 1.82) is 0 Å². The molecule has 3 unspecified atom stereocenters. The van der Waals surface area contributed by atoms with Crippen molar-refractivity contribution in [2.24, 2.45) is 0 Å². The molecule has 8 rings (SSSR count). The Hall–Kier alpha value is -8.65. The maximum absolute atomic E-state index is 15.4. The van der Waals surface area contributed by atoms with E-state index in [2.05, 4.69) is 37.2 Å². The zero-order chi connectivity index (χ0) is 55.2. The first kappa shape index (κ1) is 54.6. The molecule has 4 aliphatic rings. The number of carboxylic acids is 1. The first-order valence-corrected chi connectivity index (χ1v) is 24.5. The predicted molar refractivity (Wildman–Crippen MR) is 267 cm³/mol. The normalized spacial score (nSPS) is 17.0. The van der Waals surface area contributed by atoms with E-state index in [9.17, 15) is 52.7 Å². The monoisotopic (exact) mass is 1060 g/mol. The van der Waals surface area contributed by atoms with Gasteiger partial charge in [0.1, 0.15) is 39.1 Å². The molecule has 400 valence electrons. The smallest absolute Gasteiger partial charge is 0.317 e. The molecule has 2 aromatic carbocycles. The Morgan fingerprint density at radius 2 is 1.56 bits per heavy atom. The van der Waals surface area contributed by atoms with E-state index in [1.54, 1.807) is 47.9 Å². The van der Waals surface area contributed by atoms with Crippen LogP contribution >= 0.6 is 0 Å². The number of ether oxygens (including phenoxy) is 2. The Balaban J connectivity index is 0.842. The van der Waals surface area contributed by atoms with Crippen LogP contribution in [-0.4, -0.2) is 144 Å². The number of hydrogen-bond donors (Lipinski definition) is 8. The highest BCUT2D eigenvalue weighted by atomic mass is 19.1. The third kappa shape index (κ3) is 11.9. The SMILES string of the molecule is [B]C(OCNC(=O)CNC(=O)[C@H](Cc1ccccc1)NC(=O)CNC(=O)CNC(=O)C(CNCC(=O)O)N1C(=O)C=CC1=O)C(=O)NC1CCc2c(C)c(F)cc3nc4c(c1c23)Cn1c-4cc2c(c1=O)COC(=O)[C@@H]2CC. The molecule has 0 bridgehead atoms. The summed E-state index contributed by atoms with van der Waals surface area (Å²) in [6, 6.07) is 6.54. The molecule has 5 heterocycles. The highest BCUT2D eigenvalue weighted by Crippen LogP contribution is 2.45. The molecule has 77 heavy (non-hydrogen) atoms. The number of nitrogens with zero attached hydrogens (tertiary/aromatic N) is 3. The first-order valence-electron chi connectivity index (χ1n) is 24.5. The standard InChI is InChI=1S/C51H52BFN10O14/c1-3-26-28-14-35-45-29(21-62(35)50(74)30(28)22-76-51(26)75)44-32(10-9-27-24(2)31(53)15-33(60-45)43(27)44)61-49(73)46(52)77-23-58-38(65)18-56-47(71)34(13-25-7-5-4-6-8-25)59-39(66)19-55-37(64)17-57-48(72)36(16-54-20-42(69)70)63-40(67)11-12-41(63)68/h4-8,11-12,14-15,26,32,34,36,46,54H,3,9-10,13,16-23H2,1-2H3,(H,55,64)(H,56,71)(H,57,72)(H,58,65)(H,59,66)(H,61,73)(H,69,70)/t26-,32?,34+,36?,46?/m1/s1. The molecule has 8 N–H and O–H groups in total. The van der Waals surface area contributed by atoms with Gasteiger partial charge in [0.25, 0.3) is 17.4 Å². The van der Waals surface area contributed by atoms with E-state index in [-0.39, 0.29) is 25.1 Å². The number of imide groups is 1. The van der Waals surface area contributed by atoms with Crippen molar-refractivity contribution < 1.29 is 66.9 Å². The molecule has 0 spiro atoms. The number of rotatable bonds is 22. The van der Waals surface area contributed by atoms with Gasteiger partial charge in [0.15, 0.2) is 0 Å². The minimum atomic E-state index is -1.61. The lowest BCUT2D eigenvalue weighted by atomic mass is 9.81. The maximum atomic E-state index is 15.4. The fourth-order valence-electron chi connectivity index (χ4n) is 9.78. The summed E-state index contributed by atoms with van der Waals surface area (Å²) < 4.78 is 27.7. The van der Waals surface area contributed by atoms with Crippen molar-refractivity contribution in [3.8, 4) is 11.4 Å². The minimum Gasteiger partial charge on any atom is -0.480 e. The number of halogens is 1. The maximum Gasteiger partial charge on any atom is 0.317 e. The van der Waals surface area contributed by atoms with Crippen LogP contribution in [0.15, 0.2) is 59.4 Å². The number of cyclic esters (lactones) is 1. The van der Waals surface area contributed by atoms with Crippen LogP contribution < -0.4 is 42.8 Å². The number of amides is 8. The fourth-order valence-corrected chi connectivity index (χ4v) is 9.78. The summed E-state index contributed by atoms with van der Waals surface area (Å²) in [7, 11) is 6.16. The number of fused-ring (bicyclic) bond motifs is 5. The van der Waals surface area contributed by atoms with Crippen LogP contribution in [0.5, 0.6) is 0 Å². The summed E-state index contributed by atoms with van der Waals surface area (Å²) in [5.41, 5.74) is 4.83. The van der Waals surface area contributed by atoms with E-state index in [4.69, 9.17) is 27.4 Å². The molecule has 0 saturated heterocycles. The summed E-state index contributed by atoms with van der Waals surface area (Å²) in [5.74, 6) is -9.45. The van der Waals surface area contributed by atoms with Gasteiger partial charge in [-0.2, -0.15) is 0 Å². The molecular formula is C51H52BFN10O14. The van der Waals surface area contributed by atoms with Gasteiger partial charge in [0.2, 0.25) is 35.4 Å². The zero-order valence-corrected chi connectivity index (χ0v) is 41.6. The van der Waals surface area contributed by atoms with E-state index >= 15 is 4.39 Å². The van der Waals surface area contributed by atoms with Crippen LogP contribution in [-0.2, 0) is 83.4 Å². The largest absolute Gasteiger partial charge is 0.480 e. The second kappa shape index (κ2) is 23.5. The number of aromatic nitrogens is 2. The van der Waals surface area contributed by atoms with E-state index < -0.39 is 135 Å². The van der Waals surface area contributed by atoms with Crippen molar-refractivity contribution in [3.63, 3.8) is 0 Å². The average Bonchev–Trinajstić information content (AvgIpc) is 4.07. The number of esters is 1. The Labute approximate surface area is 438 Å². The molecule has 26 heteroatoms. The van der Waals surface area contributed by atoms with Crippen molar-refractivity contribution in [1.82, 2.24) is 51.7 Å². The first-order chi connectivity index (χ1) is 36.8. The third-order valence-corrected chi connectivity index (χ3v) is 13.6. The molecule has 3 aliphatic heterocycles. The predicted octanol–water partition coefficient (Wildman–Crippen LogP) is -1.84. The number of aryl methyl sites for hydroxylation is 1. The number of carboxylic acid groups (broad SMARTS) is 1. The topological polar surface area (TPSA) is 332 Å². The quantitative estimate of drug-likeness (QED) is 0.0163. The molecule has 24 nitrogen and oxygen atoms in total. The van der Waals surface area contributed by atoms with Crippen molar-refractivity contribution in [2.75, 3.05) is 39.5 Å². The van der Waals surface area contributed by atoms with Crippen LogP contribution in [0.4, 0.5) is 4.39 Å². The Bertz CT molecular complexity index is 3210. The minimum absolute atomic E-state index is 0.0433. The molecule has 4 aromatic rings. The number of benzene rings is 2. The summed E-state index contributed by atoms with van der Waals surface area (Å²) in [6.45, 7) is -0.203. The fraction of sp³-hybridized carbons (Fsp3) is 0.373. The lowest BCUT2D eigenvalue weighted by Gasteiger charge is -2.30. The van der Waals surface area contributed by atoms with Gasteiger partial charge >= 0.3 is 11.9 Å². The van der Waals surface area contributed by atoms with E-state index in [0.29, 0.717) is 85.4 Å². The summed E-state index contributed by atoms with van der Waals surface area (Å²) in [6.07, 6.45) is 2.92. The van der Waals surface area contributed by atoms with Gasteiger partial charge in [-0.15, -0.1) is 0 Å². The highest BCUT2D eigenvalue weighted by molar-refractivity contribution is 6.23. The van der Waals surface area contributed by atoms with Crippen LogP contribution in [0, 0.1) is 12.7 Å². The van der Waals surface area contributed by atoms with E-state index in [1.165, 1.54) is 6.07 Å². The third-order valence-electron chi connectivity index (χ3n) is 13.6. The van der Waals surface area contributed by atoms with Gasteiger partial charge in [0.05, 0.1) is 73.2 Å².